The first-order chi connectivity index (χ1) is 10.9. The minimum atomic E-state index is -0.238. The van der Waals surface area contributed by atoms with Crippen molar-refractivity contribution in [3.63, 3.8) is 0 Å². The van der Waals surface area contributed by atoms with Crippen LogP contribution in [0.2, 0.25) is 0 Å². The standard InChI is InChI=1S/C17H24FN3O2/c1-12-10-13(4-5-15(12)18)11-19-16(22)14-6-8-21(9-7-14)17(23)20(2)3/h4-5,10,14H,6-9,11H2,1-3H3,(H,19,22). The number of hydrogen-bond donors (Lipinski definition) is 1. The summed E-state index contributed by atoms with van der Waals surface area (Å²) in [5, 5.41) is 2.91. The van der Waals surface area contributed by atoms with Crippen LogP contribution in [0.4, 0.5) is 9.18 Å². The van der Waals surface area contributed by atoms with Crippen molar-refractivity contribution in [3.05, 3.63) is 35.1 Å². The Balaban J connectivity index is 1.81. The maximum Gasteiger partial charge on any atom is 0.319 e. The highest BCUT2D eigenvalue weighted by molar-refractivity contribution is 5.79. The van der Waals surface area contributed by atoms with Gasteiger partial charge in [-0.05, 0) is 37.0 Å². The molecule has 23 heavy (non-hydrogen) atoms. The predicted molar refractivity (Wildman–Crippen MR) is 86.4 cm³/mol. The lowest BCUT2D eigenvalue weighted by atomic mass is 9.96. The molecule has 1 aromatic rings. The first-order valence-electron chi connectivity index (χ1n) is 7.87. The molecular weight excluding hydrogens is 297 g/mol. The van der Waals surface area contributed by atoms with E-state index in [0.29, 0.717) is 38.0 Å². The molecule has 1 aromatic carbocycles. The number of hydrogen-bond acceptors (Lipinski definition) is 2. The van der Waals surface area contributed by atoms with Gasteiger partial charge in [0.1, 0.15) is 5.82 Å². The zero-order chi connectivity index (χ0) is 17.0. The van der Waals surface area contributed by atoms with E-state index in [0.717, 1.165) is 5.56 Å². The van der Waals surface area contributed by atoms with Gasteiger partial charge >= 0.3 is 6.03 Å². The summed E-state index contributed by atoms with van der Waals surface area (Å²) in [5.74, 6) is -0.301. The van der Waals surface area contributed by atoms with Gasteiger partial charge in [-0.1, -0.05) is 12.1 Å². The van der Waals surface area contributed by atoms with Crippen molar-refractivity contribution in [1.82, 2.24) is 15.1 Å². The van der Waals surface area contributed by atoms with Gasteiger partial charge in [0.15, 0.2) is 0 Å². The largest absolute Gasteiger partial charge is 0.352 e. The lowest BCUT2D eigenvalue weighted by Gasteiger charge is -2.33. The maximum absolute atomic E-state index is 13.2. The van der Waals surface area contributed by atoms with Gasteiger partial charge in [-0.15, -0.1) is 0 Å². The average molecular weight is 321 g/mol. The Morgan fingerprint density at radius 3 is 2.52 bits per heavy atom. The van der Waals surface area contributed by atoms with E-state index >= 15 is 0 Å². The van der Waals surface area contributed by atoms with Gasteiger partial charge in [-0.3, -0.25) is 4.79 Å². The molecule has 1 fully saturated rings. The Labute approximate surface area is 136 Å². The molecule has 1 saturated heterocycles. The third-order valence-corrected chi connectivity index (χ3v) is 4.21. The fourth-order valence-electron chi connectivity index (χ4n) is 2.77. The molecule has 0 saturated carbocycles. The third kappa shape index (κ3) is 4.43. The van der Waals surface area contributed by atoms with Crippen molar-refractivity contribution in [1.29, 1.82) is 0 Å². The first kappa shape index (κ1) is 17.2. The van der Waals surface area contributed by atoms with Gasteiger partial charge in [0.2, 0.25) is 5.91 Å². The Morgan fingerprint density at radius 1 is 1.30 bits per heavy atom. The molecule has 1 heterocycles. The molecule has 0 unspecified atom stereocenters. The number of nitrogens with zero attached hydrogens (tertiary/aromatic N) is 2. The molecule has 5 nitrogen and oxygen atoms in total. The summed E-state index contributed by atoms with van der Waals surface area (Å²) < 4.78 is 13.2. The van der Waals surface area contributed by atoms with Crippen LogP contribution < -0.4 is 5.32 Å². The average Bonchev–Trinajstić information content (AvgIpc) is 2.55. The van der Waals surface area contributed by atoms with Gasteiger partial charge in [0, 0.05) is 39.6 Å². The minimum absolute atomic E-state index is 0.00364. The number of nitrogens with one attached hydrogen (secondary N) is 1. The summed E-state index contributed by atoms with van der Waals surface area (Å²) in [6, 6.07) is 4.84. The van der Waals surface area contributed by atoms with Gasteiger partial charge in [0.05, 0.1) is 0 Å². The molecule has 6 heteroatoms. The number of rotatable bonds is 3. The second-order valence-electron chi connectivity index (χ2n) is 6.24. The number of amides is 3. The number of halogens is 1. The zero-order valence-corrected chi connectivity index (χ0v) is 13.9. The Bertz CT molecular complexity index is 581. The van der Waals surface area contributed by atoms with E-state index in [1.165, 1.54) is 6.07 Å². The van der Waals surface area contributed by atoms with Gasteiger partial charge in [0.25, 0.3) is 0 Å². The summed E-state index contributed by atoms with van der Waals surface area (Å²) in [5.41, 5.74) is 1.46. The van der Waals surface area contributed by atoms with Crippen molar-refractivity contribution in [2.45, 2.75) is 26.3 Å². The van der Waals surface area contributed by atoms with E-state index in [-0.39, 0.29) is 23.7 Å². The van der Waals surface area contributed by atoms with Crippen LogP contribution in [0, 0.1) is 18.7 Å². The van der Waals surface area contributed by atoms with Crippen LogP contribution in [0.1, 0.15) is 24.0 Å². The molecular formula is C17H24FN3O2. The monoisotopic (exact) mass is 321 g/mol. The van der Waals surface area contributed by atoms with Crippen molar-refractivity contribution in [3.8, 4) is 0 Å². The number of likely N-dealkylation sites (tertiary alicyclic amines) is 1. The van der Waals surface area contributed by atoms with E-state index in [1.54, 1.807) is 43.0 Å². The zero-order valence-electron chi connectivity index (χ0n) is 13.9. The van der Waals surface area contributed by atoms with Crippen molar-refractivity contribution in [2.24, 2.45) is 5.92 Å². The first-order valence-corrected chi connectivity index (χ1v) is 7.87. The summed E-state index contributed by atoms with van der Waals surface area (Å²) in [6.45, 7) is 3.31. The van der Waals surface area contributed by atoms with Crippen LogP contribution in [0.15, 0.2) is 18.2 Å². The third-order valence-electron chi connectivity index (χ3n) is 4.21. The van der Waals surface area contributed by atoms with Crippen molar-refractivity contribution < 1.29 is 14.0 Å². The van der Waals surface area contributed by atoms with E-state index in [4.69, 9.17) is 0 Å². The highest BCUT2D eigenvalue weighted by atomic mass is 19.1. The number of urea groups is 1. The smallest absolute Gasteiger partial charge is 0.319 e. The van der Waals surface area contributed by atoms with Crippen molar-refractivity contribution in [2.75, 3.05) is 27.2 Å². The second-order valence-corrected chi connectivity index (χ2v) is 6.24. The lowest BCUT2D eigenvalue weighted by Crippen LogP contribution is -2.46. The van der Waals surface area contributed by atoms with Gasteiger partial charge < -0.3 is 15.1 Å². The molecule has 0 spiro atoms. The second kappa shape index (κ2) is 7.44. The predicted octanol–water partition coefficient (Wildman–Crippen LogP) is 2.14. The van der Waals surface area contributed by atoms with E-state index in [9.17, 15) is 14.0 Å². The Morgan fingerprint density at radius 2 is 1.96 bits per heavy atom. The van der Waals surface area contributed by atoms with Crippen LogP contribution in [0.5, 0.6) is 0 Å². The molecule has 3 amide bonds. The molecule has 1 N–H and O–H groups in total. The van der Waals surface area contributed by atoms with E-state index in [2.05, 4.69) is 5.32 Å². The molecule has 0 bridgehead atoms. The molecule has 2 rings (SSSR count). The minimum Gasteiger partial charge on any atom is -0.352 e. The highest BCUT2D eigenvalue weighted by Gasteiger charge is 2.27. The van der Waals surface area contributed by atoms with Crippen molar-refractivity contribution >= 4 is 11.9 Å². The SMILES string of the molecule is Cc1cc(CNC(=O)C2CCN(C(=O)N(C)C)CC2)ccc1F. The molecule has 0 atom stereocenters. The van der Waals surface area contributed by atoms with Crippen LogP contribution in [0.25, 0.3) is 0 Å². The fraction of sp³-hybridized carbons (Fsp3) is 0.529. The van der Waals surface area contributed by atoms with Crippen LogP contribution >= 0.6 is 0 Å². The molecule has 0 radical (unpaired) electrons. The number of carbonyl (C=O) groups is 2. The van der Waals surface area contributed by atoms with Crippen LogP contribution in [-0.2, 0) is 11.3 Å². The van der Waals surface area contributed by atoms with Gasteiger partial charge in [-0.25, -0.2) is 9.18 Å². The summed E-state index contributed by atoms with van der Waals surface area (Å²) in [7, 11) is 3.46. The highest BCUT2D eigenvalue weighted by Crippen LogP contribution is 2.18. The van der Waals surface area contributed by atoms with E-state index in [1.807, 2.05) is 0 Å². The van der Waals surface area contributed by atoms with Crippen LogP contribution in [-0.4, -0.2) is 48.9 Å². The fourth-order valence-corrected chi connectivity index (χ4v) is 2.77. The molecule has 0 aromatic heterocycles. The normalized spacial score (nSPS) is 15.4. The molecule has 126 valence electrons. The number of carbonyl (C=O) groups excluding carboxylic acids is 2. The summed E-state index contributed by atoms with van der Waals surface area (Å²) >= 11 is 0. The van der Waals surface area contributed by atoms with Gasteiger partial charge in [-0.2, -0.15) is 0 Å². The summed E-state index contributed by atoms with van der Waals surface area (Å²) in [6.07, 6.45) is 1.35. The number of piperidine rings is 1. The van der Waals surface area contributed by atoms with E-state index < -0.39 is 0 Å². The molecule has 0 aliphatic carbocycles. The topological polar surface area (TPSA) is 52.7 Å². The number of benzene rings is 1. The quantitative estimate of drug-likeness (QED) is 0.927. The number of aryl methyl sites for hydroxylation is 1. The molecule has 1 aliphatic heterocycles. The van der Waals surface area contributed by atoms with Crippen LogP contribution in [0.3, 0.4) is 0 Å². The summed E-state index contributed by atoms with van der Waals surface area (Å²) in [4.78, 5) is 27.4. The Hall–Kier alpha value is -2.11. The lowest BCUT2D eigenvalue weighted by molar-refractivity contribution is -0.126. The molecule has 1 aliphatic rings. The Kier molecular flexibility index (Phi) is 5.58. The maximum atomic E-state index is 13.2.